The summed E-state index contributed by atoms with van der Waals surface area (Å²) in [4.78, 5) is 12.0. The highest BCUT2D eigenvalue weighted by atomic mass is 79.9. The first-order chi connectivity index (χ1) is 8.70. The highest BCUT2D eigenvalue weighted by molar-refractivity contribution is 9.10. The maximum atomic E-state index is 12.0. The number of methoxy groups -OCH3 is 1. The van der Waals surface area contributed by atoms with Gasteiger partial charge in [-0.25, -0.2) is 0 Å². The van der Waals surface area contributed by atoms with E-state index in [0.717, 1.165) is 36.3 Å². The number of carbonyl (C=O) groups is 1. The third-order valence-corrected chi connectivity index (χ3v) is 3.75. The van der Waals surface area contributed by atoms with Crippen LogP contribution in [0.15, 0.2) is 22.7 Å². The van der Waals surface area contributed by atoms with E-state index in [4.69, 9.17) is 4.74 Å². The Labute approximate surface area is 127 Å². The average Bonchev–Trinajstić information content (AvgIpc) is 2.89. The van der Waals surface area contributed by atoms with Crippen LogP contribution >= 0.6 is 28.3 Å². The van der Waals surface area contributed by atoms with Crippen molar-refractivity contribution in [2.45, 2.75) is 6.42 Å². The second-order valence-corrected chi connectivity index (χ2v) is 5.27. The van der Waals surface area contributed by atoms with E-state index < -0.39 is 0 Å². The first kappa shape index (κ1) is 16.3. The van der Waals surface area contributed by atoms with E-state index in [2.05, 4.69) is 26.6 Å². The van der Waals surface area contributed by atoms with Crippen LogP contribution in [-0.2, 0) is 0 Å². The Morgan fingerprint density at radius 2 is 2.37 bits per heavy atom. The molecule has 2 rings (SSSR count). The summed E-state index contributed by atoms with van der Waals surface area (Å²) in [6.45, 7) is 2.77. The number of hydrogen-bond acceptors (Lipinski definition) is 3. The number of carbonyl (C=O) groups excluding carboxylic acids is 1. The lowest BCUT2D eigenvalue weighted by Gasteiger charge is -2.11. The molecule has 0 aromatic heterocycles. The van der Waals surface area contributed by atoms with Gasteiger partial charge in [0.15, 0.2) is 0 Å². The van der Waals surface area contributed by atoms with Gasteiger partial charge >= 0.3 is 0 Å². The van der Waals surface area contributed by atoms with Crippen LogP contribution < -0.4 is 15.4 Å². The number of halogens is 2. The molecule has 1 aliphatic rings. The summed E-state index contributed by atoms with van der Waals surface area (Å²) in [6, 6.07) is 5.34. The molecule has 1 atom stereocenters. The van der Waals surface area contributed by atoms with Crippen molar-refractivity contribution in [1.29, 1.82) is 0 Å². The van der Waals surface area contributed by atoms with E-state index in [1.165, 1.54) is 0 Å². The van der Waals surface area contributed by atoms with Crippen molar-refractivity contribution >= 4 is 34.2 Å². The zero-order valence-corrected chi connectivity index (χ0v) is 13.1. The molecule has 1 heterocycles. The van der Waals surface area contributed by atoms with E-state index in [1.54, 1.807) is 25.3 Å². The lowest BCUT2D eigenvalue weighted by atomic mass is 10.1. The summed E-state index contributed by atoms with van der Waals surface area (Å²) in [5.41, 5.74) is 0.647. The van der Waals surface area contributed by atoms with Crippen molar-refractivity contribution in [3.63, 3.8) is 0 Å². The molecule has 0 radical (unpaired) electrons. The Kier molecular flexibility index (Phi) is 6.62. The lowest BCUT2D eigenvalue weighted by molar-refractivity contribution is 0.0948. The van der Waals surface area contributed by atoms with Gasteiger partial charge in [0, 0.05) is 12.1 Å². The Morgan fingerprint density at radius 3 is 2.95 bits per heavy atom. The van der Waals surface area contributed by atoms with Gasteiger partial charge < -0.3 is 15.4 Å². The van der Waals surface area contributed by atoms with Gasteiger partial charge in [0.2, 0.25) is 0 Å². The minimum absolute atomic E-state index is 0. The predicted octanol–water partition coefficient (Wildman–Crippen LogP) is 2.22. The smallest absolute Gasteiger partial charge is 0.251 e. The van der Waals surface area contributed by atoms with E-state index in [0.29, 0.717) is 11.5 Å². The van der Waals surface area contributed by atoms with Crippen LogP contribution in [0.25, 0.3) is 0 Å². The molecule has 1 aromatic rings. The molecule has 1 unspecified atom stereocenters. The third-order valence-electron chi connectivity index (χ3n) is 3.13. The largest absolute Gasteiger partial charge is 0.496 e. The van der Waals surface area contributed by atoms with Gasteiger partial charge in [-0.15, -0.1) is 12.4 Å². The van der Waals surface area contributed by atoms with Crippen molar-refractivity contribution < 1.29 is 9.53 Å². The Balaban J connectivity index is 0.00000180. The number of benzene rings is 1. The highest BCUT2D eigenvalue weighted by Crippen LogP contribution is 2.25. The summed E-state index contributed by atoms with van der Waals surface area (Å²) < 4.78 is 5.93. The molecule has 1 fully saturated rings. The van der Waals surface area contributed by atoms with Gasteiger partial charge in [-0.3, -0.25) is 4.79 Å². The fraction of sp³-hybridized carbons (Fsp3) is 0.462. The number of ether oxygens (including phenoxy) is 1. The van der Waals surface area contributed by atoms with Crippen LogP contribution in [0.4, 0.5) is 0 Å². The molecule has 0 aliphatic carbocycles. The number of hydrogen-bond donors (Lipinski definition) is 2. The predicted molar refractivity (Wildman–Crippen MR) is 81.3 cm³/mol. The summed E-state index contributed by atoms with van der Waals surface area (Å²) in [7, 11) is 1.60. The van der Waals surface area contributed by atoms with Crippen molar-refractivity contribution in [2.24, 2.45) is 5.92 Å². The molecule has 6 heteroatoms. The SMILES string of the molecule is COc1ccc(C(=O)NCC2CCNC2)cc1Br.Cl. The summed E-state index contributed by atoms with van der Waals surface area (Å²) in [6.07, 6.45) is 1.13. The van der Waals surface area contributed by atoms with Crippen molar-refractivity contribution in [3.8, 4) is 5.75 Å². The second kappa shape index (κ2) is 7.72. The van der Waals surface area contributed by atoms with Gasteiger partial charge in [-0.1, -0.05) is 0 Å². The topological polar surface area (TPSA) is 50.4 Å². The first-order valence-electron chi connectivity index (χ1n) is 6.03. The summed E-state index contributed by atoms with van der Waals surface area (Å²) >= 11 is 3.38. The van der Waals surface area contributed by atoms with Crippen LogP contribution in [0.2, 0.25) is 0 Å². The van der Waals surface area contributed by atoms with Crippen LogP contribution in [0.3, 0.4) is 0 Å². The van der Waals surface area contributed by atoms with Gasteiger partial charge in [-0.05, 0) is 59.6 Å². The highest BCUT2D eigenvalue weighted by Gasteiger charge is 2.16. The minimum atomic E-state index is -0.0368. The average molecular weight is 350 g/mol. The molecule has 2 N–H and O–H groups in total. The quantitative estimate of drug-likeness (QED) is 0.876. The zero-order chi connectivity index (χ0) is 13.0. The fourth-order valence-electron chi connectivity index (χ4n) is 2.04. The maximum Gasteiger partial charge on any atom is 0.251 e. The van der Waals surface area contributed by atoms with E-state index in [1.807, 2.05) is 0 Å². The molecule has 0 spiro atoms. The van der Waals surface area contributed by atoms with E-state index in [9.17, 15) is 4.79 Å². The van der Waals surface area contributed by atoms with Crippen LogP contribution in [-0.4, -0.2) is 32.7 Å². The monoisotopic (exact) mass is 348 g/mol. The Morgan fingerprint density at radius 1 is 1.58 bits per heavy atom. The molecule has 1 saturated heterocycles. The first-order valence-corrected chi connectivity index (χ1v) is 6.82. The molecule has 0 saturated carbocycles. The third kappa shape index (κ3) is 4.37. The summed E-state index contributed by atoms with van der Waals surface area (Å²) in [5.74, 6) is 1.24. The minimum Gasteiger partial charge on any atom is -0.496 e. The van der Waals surface area contributed by atoms with Crippen LogP contribution in [0, 0.1) is 5.92 Å². The van der Waals surface area contributed by atoms with Gasteiger partial charge in [0.25, 0.3) is 5.91 Å². The van der Waals surface area contributed by atoms with Gasteiger partial charge in [0.1, 0.15) is 5.75 Å². The molecule has 106 valence electrons. The molecule has 1 amide bonds. The Bertz CT molecular complexity index is 437. The number of nitrogens with one attached hydrogen (secondary N) is 2. The molecule has 1 aliphatic heterocycles. The van der Waals surface area contributed by atoms with Gasteiger partial charge in [0.05, 0.1) is 11.6 Å². The normalized spacial score (nSPS) is 17.7. The summed E-state index contributed by atoms with van der Waals surface area (Å²) in [5, 5.41) is 6.25. The van der Waals surface area contributed by atoms with Crippen LogP contribution in [0.1, 0.15) is 16.8 Å². The second-order valence-electron chi connectivity index (χ2n) is 4.42. The van der Waals surface area contributed by atoms with Crippen LogP contribution in [0.5, 0.6) is 5.75 Å². The van der Waals surface area contributed by atoms with E-state index in [-0.39, 0.29) is 18.3 Å². The maximum absolute atomic E-state index is 12.0. The number of amides is 1. The van der Waals surface area contributed by atoms with Crippen molar-refractivity contribution in [3.05, 3.63) is 28.2 Å². The van der Waals surface area contributed by atoms with Gasteiger partial charge in [-0.2, -0.15) is 0 Å². The fourth-order valence-corrected chi connectivity index (χ4v) is 2.58. The van der Waals surface area contributed by atoms with Crippen molar-refractivity contribution in [1.82, 2.24) is 10.6 Å². The Hall–Kier alpha value is -0.780. The van der Waals surface area contributed by atoms with E-state index >= 15 is 0 Å². The molecular formula is C13H18BrClN2O2. The molecule has 19 heavy (non-hydrogen) atoms. The molecule has 4 nitrogen and oxygen atoms in total. The standard InChI is InChI=1S/C13H17BrN2O2.ClH/c1-18-12-3-2-10(6-11(12)14)13(17)16-8-9-4-5-15-7-9;/h2-3,6,9,15H,4-5,7-8H2,1H3,(H,16,17);1H. The molecular weight excluding hydrogens is 332 g/mol. The lowest BCUT2D eigenvalue weighted by Crippen LogP contribution is -2.30. The number of rotatable bonds is 4. The van der Waals surface area contributed by atoms with Crippen molar-refractivity contribution in [2.75, 3.05) is 26.7 Å². The molecule has 0 bridgehead atoms. The molecule has 1 aromatic carbocycles. The zero-order valence-electron chi connectivity index (χ0n) is 10.7.